The number of hydrogen-bond acceptors (Lipinski definition) is 1. The molecule has 1 heterocycles. The van der Waals surface area contributed by atoms with Gasteiger partial charge in [0, 0.05) is 11.1 Å². The molecule has 0 unspecified atom stereocenters. The van der Waals surface area contributed by atoms with Crippen LogP contribution in [0.25, 0.3) is 22.5 Å². The van der Waals surface area contributed by atoms with Gasteiger partial charge in [0.2, 0.25) is 0 Å². The normalized spacial score (nSPS) is 10.6. The topological polar surface area (TPSA) is 28.7 Å². The maximum atomic E-state index is 13.6. The fourth-order valence-corrected chi connectivity index (χ4v) is 1.95. The zero-order chi connectivity index (χ0) is 13.2. The van der Waals surface area contributed by atoms with E-state index in [2.05, 4.69) is 10.2 Å². The van der Waals surface area contributed by atoms with E-state index in [1.807, 2.05) is 0 Å². The van der Waals surface area contributed by atoms with Crippen LogP contribution >= 0.6 is 0 Å². The zero-order valence-electron chi connectivity index (χ0n) is 9.90. The van der Waals surface area contributed by atoms with Gasteiger partial charge in [-0.2, -0.15) is 5.10 Å². The highest BCUT2D eigenvalue weighted by molar-refractivity contribution is 5.68. The molecule has 0 amide bonds. The van der Waals surface area contributed by atoms with Gasteiger partial charge in [-0.05, 0) is 30.3 Å². The second kappa shape index (κ2) is 4.65. The maximum Gasteiger partial charge on any atom is 0.132 e. The first kappa shape index (κ1) is 11.6. The summed E-state index contributed by atoms with van der Waals surface area (Å²) >= 11 is 0. The Bertz CT molecular complexity index is 659. The van der Waals surface area contributed by atoms with Crippen molar-refractivity contribution in [2.24, 2.45) is 0 Å². The molecule has 0 saturated heterocycles. The molecule has 3 aromatic rings. The standard InChI is InChI=1S/C15H10F2N2/c16-12-7-3-1-5-10(12)14-9-15(19-18-14)11-6-2-4-8-13(11)17/h1-9H,(H,18,19). The number of nitrogens with one attached hydrogen (secondary N) is 1. The van der Waals surface area contributed by atoms with E-state index in [1.165, 1.54) is 12.1 Å². The minimum absolute atomic E-state index is 0.341. The Hall–Kier alpha value is -2.49. The first-order valence-corrected chi connectivity index (χ1v) is 5.81. The van der Waals surface area contributed by atoms with E-state index in [-0.39, 0.29) is 11.6 Å². The van der Waals surface area contributed by atoms with Gasteiger partial charge in [0.1, 0.15) is 11.6 Å². The Morgan fingerprint density at radius 1 is 0.789 bits per heavy atom. The number of halogens is 2. The van der Waals surface area contributed by atoms with Gasteiger partial charge >= 0.3 is 0 Å². The van der Waals surface area contributed by atoms with Crippen LogP contribution in [0.3, 0.4) is 0 Å². The lowest BCUT2D eigenvalue weighted by molar-refractivity contribution is 0.630. The van der Waals surface area contributed by atoms with Crippen molar-refractivity contribution in [3.63, 3.8) is 0 Å². The Morgan fingerprint density at radius 3 is 2.00 bits per heavy atom. The van der Waals surface area contributed by atoms with E-state index in [0.717, 1.165) is 0 Å². The van der Waals surface area contributed by atoms with Crippen LogP contribution in [0.4, 0.5) is 8.78 Å². The maximum absolute atomic E-state index is 13.6. The van der Waals surface area contributed by atoms with Crippen molar-refractivity contribution in [3.8, 4) is 22.5 Å². The fourth-order valence-electron chi connectivity index (χ4n) is 1.95. The molecule has 0 aliphatic carbocycles. The average molecular weight is 256 g/mol. The molecule has 4 heteroatoms. The zero-order valence-corrected chi connectivity index (χ0v) is 9.90. The van der Waals surface area contributed by atoms with Gasteiger partial charge < -0.3 is 0 Å². The smallest absolute Gasteiger partial charge is 0.132 e. The van der Waals surface area contributed by atoms with Gasteiger partial charge in [-0.3, -0.25) is 5.10 Å². The lowest BCUT2D eigenvalue weighted by Crippen LogP contribution is -1.82. The summed E-state index contributed by atoms with van der Waals surface area (Å²) in [5.74, 6) is -0.694. The lowest BCUT2D eigenvalue weighted by Gasteiger charge is -1.98. The van der Waals surface area contributed by atoms with E-state index in [1.54, 1.807) is 42.5 Å². The van der Waals surface area contributed by atoms with Gasteiger partial charge in [-0.1, -0.05) is 24.3 Å². The van der Waals surface area contributed by atoms with Crippen molar-refractivity contribution < 1.29 is 8.78 Å². The third-order valence-electron chi connectivity index (χ3n) is 2.89. The highest BCUT2D eigenvalue weighted by Gasteiger charge is 2.11. The monoisotopic (exact) mass is 256 g/mol. The Labute approximate surface area is 108 Å². The first-order chi connectivity index (χ1) is 9.25. The fraction of sp³-hybridized carbons (Fsp3) is 0. The highest BCUT2D eigenvalue weighted by atomic mass is 19.1. The molecule has 0 atom stereocenters. The summed E-state index contributed by atoms with van der Waals surface area (Å²) in [4.78, 5) is 0. The van der Waals surface area contributed by atoms with Crippen molar-refractivity contribution in [2.45, 2.75) is 0 Å². The van der Waals surface area contributed by atoms with Crippen LogP contribution < -0.4 is 0 Å². The molecule has 2 nitrogen and oxygen atoms in total. The number of aromatic amines is 1. The SMILES string of the molecule is Fc1ccccc1-c1cc(-c2ccccc2F)[nH]n1. The van der Waals surface area contributed by atoms with Crippen molar-refractivity contribution in [2.75, 3.05) is 0 Å². The van der Waals surface area contributed by atoms with E-state index >= 15 is 0 Å². The van der Waals surface area contributed by atoms with Crippen LogP contribution in [0.15, 0.2) is 54.6 Å². The van der Waals surface area contributed by atoms with E-state index < -0.39 is 0 Å². The summed E-state index contributed by atoms with van der Waals surface area (Å²) in [5.41, 5.74) is 1.78. The predicted molar refractivity (Wildman–Crippen MR) is 69.4 cm³/mol. The molecule has 1 aromatic heterocycles. The largest absolute Gasteiger partial charge is 0.277 e. The van der Waals surface area contributed by atoms with Crippen LogP contribution in [-0.2, 0) is 0 Å². The third-order valence-corrected chi connectivity index (χ3v) is 2.89. The van der Waals surface area contributed by atoms with Crippen LogP contribution in [0.1, 0.15) is 0 Å². The molecule has 19 heavy (non-hydrogen) atoms. The number of benzene rings is 2. The summed E-state index contributed by atoms with van der Waals surface area (Å²) in [6.45, 7) is 0. The molecule has 3 rings (SSSR count). The minimum atomic E-state index is -0.353. The van der Waals surface area contributed by atoms with E-state index in [4.69, 9.17) is 0 Å². The molecule has 1 N–H and O–H groups in total. The van der Waals surface area contributed by atoms with Crippen LogP contribution in [0.5, 0.6) is 0 Å². The third kappa shape index (κ3) is 2.12. The number of aromatic nitrogens is 2. The number of H-pyrrole nitrogens is 1. The van der Waals surface area contributed by atoms with Gasteiger partial charge in [0.05, 0.1) is 11.4 Å². The molecule has 0 aliphatic heterocycles. The lowest BCUT2D eigenvalue weighted by atomic mass is 10.1. The number of nitrogens with zero attached hydrogens (tertiary/aromatic N) is 1. The highest BCUT2D eigenvalue weighted by Crippen LogP contribution is 2.26. The Kier molecular flexibility index (Phi) is 2.83. The average Bonchev–Trinajstić information content (AvgIpc) is 2.89. The number of rotatable bonds is 2. The van der Waals surface area contributed by atoms with Gasteiger partial charge in [0.25, 0.3) is 0 Å². The summed E-state index contributed by atoms with van der Waals surface area (Å²) in [7, 11) is 0. The molecular formula is C15H10F2N2. The number of hydrogen-bond donors (Lipinski definition) is 1. The van der Waals surface area contributed by atoms with Crippen LogP contribution in [0, 0.1) is 11.6 Å². The summed E-state index contributed by atoms with van der Waals surface area (Å²) < 4.78 is 27.3. The molecule has 0 saturated carbocycles. The first-order valence-electron chi connectivity index (χ1n) is 5.81. The molecular weight excluding hydrogens is 246 g/mol. The molecule has 0 fully saturated rings. The Morgan fingerprint density at radius 2 is 1.37 bits per heavy atom. The quantitative estimate of drug-likeness (QED) is 0.737. The summed E-state index contributed by atoms with van der Waals surface area (Å²) in [5, 5.41) is 6.77. The van der Waals surface area contributed by atoms with Gasteiger partial charge in [-0.25, -0.2) is 8.78 Å². The van der Waals surface area contributed by atoms with Gasteiger partial charge in [-0.15, -0.1) is 0 Å². The van der Waals surface area contributed by atoms with Crippen LogP contribution in [-0.4, -0.2) is 10.2 Å². The Balaban J connectivity index is 2.06. The molecule has 0 aliphatic rings. The molecule has 2 aromatic carbocycles. The molecule has 94 valence electrons. The second-order valence-electron chi connectivity index (χ2n) is 4.13. The molecule has 0 bridgehead atoms. The van der Waals surface area contributed by atoms with Crippen molar-refractivity contribution >= 4 is 0 Å². The summed E-state index contributed by atoms with van der Waals surface area (Å²) in [6, 6.07) is 14.4. The second-order valence-corrected chi connectivity index (χ2v) is 4.13. The van der Waals surface area contributed by atoms with Crippen LogP contribution in [0.2, 0.25) is 0 Å². The van der Waals surface area contributed by atoms with E-state index in [0.29, 0.717) is 22.5 Å². The molecule has 0 spiro atoms. The predicted octanol–water partition coefficient (Wildman–Crippen LogP) is 4.02. The van der Waals surface area contributed by atoms with E-state index in [9.17, 15) is 8.78 Å². The van der Waals surface area contributed by atoms with Gasteiger partial charge in [0.15, 0.2) is 0 Å². The van der Waals surface area contributed by atoms with Crippen molar-refractivity contribution in [3.05, 3.63) is 66.2 Å². The van der Waals surface area contributed by atoms with Crippen molar-refractivity contribution in [1.29, 1.82) is 0 Å². The minimum Gasteiger partial charge on any atom is -0.277 e. The molecule has 0 radical (unpaired) electrons. The van der Waals surface area contributed by atoms with Crippen molar-refractivity contribution in [1.82, 2.24) is 10.2 Å². The summed E-state index contributed by atoms with van der Waals surface area (Å²) in [6.07, 6.45) is 0.